The van der Waals surface area contributed by atoms with Gasteiger partial charge in [0.05, 0.1) is 30.6 Å². The molecule has 0 spiro atoms. The second-order valence-corrected chi connectivity index (χ2v) is 6.87. The number of hydrogen-bond donors (Lipinski definition) is 1. The molecule has 3 aromatic rings. The van der Waals surface area contributed by atoms with Crippen molar-refractivity contribution in [2.75, 3.05) is 7.11 Å². The highest BCUT2D eigenvalue weighted by molar-refractivity contribution is 6.30. The number of aliphatic carboxylic acids is 1. The van der Waals surface area contributed by atoms with Crippen LogP contribution in [0.25, 0.3) is 16.9 Å². The molecule has 1 N–H and O–H groups in total. The van der Waals surface area contributed by atoms with E-state index in [1.54, 1.807) is 7.11 Å². The number of nitrogens with zero attached hydrogens (tertiary/aromatic N) is 2. The first-order chi connectivity index (χ1) is 12.9. The van der Waals surface area contributed by atoms with E-state index in [2.05, 4.69) is 5.10 Å². The van der Waals surface area contributed by atoms with Crippen LogP contribution in [0.15, 0.2) is 42.5 Å². The molecule has 0 fully saturated rings. The predicted octanol–water partition coefficient (Wildman–Crippen LogP) is 4.84. The highest BCUT2D eigenvalue weighted by Gasteiger charge is 2.16. The van der Waals surface area contributed by atoms with Crippen LogP contribution in [0, 0.1) is 13.8 Å². The van der Waals surface area contributed by atoms with Gasteiger partial charge in [0.2, 0.25) is 0 Å². The van der Waals surface area contributed by atoms with E-state index < -0.39 is 5.97 Å². The molecule has 0 amide bonds. The SMILES string of the molecule is COc1ccc(-n2nc(CCC(=O)O)cc2-c2ccc(Cl)cc2C)c(C)c1. The van der Waals surface area contributed by atoms with Crippen LogP contribution in [0.5, 0.6) is 5.75 Å². The highest BCUT2D eigenvalue weighted by atomic mass is 35.5. The van der Waals surface area contributed by atoms with Crippen LogP contribution in [0.3, 0.4) is 0 Å². The fraction of sp³-hybridized carbons (Fsp3) is 0.238. The maximum Gasteiger partial charge on any atom is 0.303 e. The van der Waals surface area contributed by atoms with Crippen LogP contribution in [-0.2, 0) is 11.2 Å². The van der Waals surface area contributed by atoms with Crippen LogP contribution in [0.1, 0.15) is 23.2 Å². The summed E-state index contributed by atoms with van der Waals surface area (Å²) in [5.41, 5.74) is 5.59. The van der Waals surface area contributed by atoms with E-state index in [9.17, 15) is 4.79 Å². The third-order valence-electron chi connectivity index (χ3n) is 4.45. The number of aryl methyl sites for hydroxylation is 3. The van der Waals surface area contributed by atoms with Crippen LogP contribution in [-0.4, -0.2) is 28.0 Å². The quantitative estimate of drug-likeness (QED) is 0.660. The lowest BCUT2D eigenvalue weighted by molar-refractivity contribution is -0.136. The first kappa shape index (κ1) is 19.0. The third-order valence-corrected chi connectivity index (χ3v) is 4.69. The molecule has 2 aromatic carbocycles. The smallest absolute Gasteiger partial charge is 0.303 e. The number of carbonyl (C=O) groups is 1. The van der Waals surface area contributed by atoms with Gasteiger partial charge in [0.15, 0.2) is 0 Å². The first-order valence-electron chi connectivity index (χ1n) is 8.61. The summed E-state index contributed by atoms with van der Waals surface area (Å²) in [5, 5.41) is 14.4. The van der Waals surface area contributed by atoms with E-state index in [4.69, 9.17) is 21.4 Å². The topological polar surface area (TPSA) is 64.4 Å². The molecule has 0 unspecified atom stereocenters. The minimum absolute atomic E-state index is 0.0393. The summed E-state index contributed by atoms with van der Waals surface area (Å²) in [5.74, 6) is -0.0619. The third kappa shape index (κ3) is 4.14. The van der Waals surface area contributed by atoms with E-state index >= 15 is 0 Å². The molecule has 27 heavy (non-hydrogen) atoms. The van der Waals surface area contributed by atoms with Crippen molar-refractivity contribution in [3.05, 3.63) is 64.3 Å². The summed E-state index contributed by atoms with van der Waals surface area (Å²) in [6.07, 6.45) is 0.412. The number of carboxylic acids is 1. The number of aromatic nitrogens is 2. The fourth-order valence-electron chi connectivity index (χ4n) is 3.07. The molecule has 0 aliphatic rings. The Bertz CT molecular complexity index is 995. The molecular formula is C21H21ClN2O3. The summed E-state index contributed by atoms with van der Waals surface area (Å²) >= 11 is 6.11. The number of rotatable bonds is 6. The molecule has 140 valence electrons. The lowest BCUT2D eigenvalue weighted by atomic mass is 10.0. The van der Waals surface area contributed by atoms with Crippen molar-refractivity contribution >= 4 is 17.6 Å². The molecule has 0 aliphatic carbocycles. The number of halogens is 1. The molecule has 0 saturated heterocycles. The van der Waals surface area contributed by atoms with Gasteiger partial charge in [-0.2, -0.15) is 5.10 Å². The normalized spacial score (nSPS) is 10.8. The van der Waals surface area contributed by atoms with Gasteiger partial charge in [-0.05, 0) is 61.4 Å². The number of carboxylic acid groups (broad SMARTS) is 1. The van der Waals surface area contributed by atoms with Gasteiger partial charge in [-0.15, -0.1) is 0 Å². The van der Waals surface area contributed by atoms with Crippen molar-refractivity contribution in [3.63, 3.8) is 0 Å². The Labute approximate surface area is 163 Å². The summed E-state index contributed by atoms with van der Waals surface area (Å²) < 4.78 is 7.16. The van der Waals surface area contributed by atoms with Gasteiger partial charge in [-0.1, -0.05) is 17.7 Å². The highest BCUT2D eigenvalue weighted by Crippen LogP contribution is 2.31. The predicted molar refractivity (Wildman–Crippen MR) is 106 cm³/mol. The Hall–Kier alpha value is -2.79. The van der Waals surface area contributed by atoms with Gasteiger partial charge in [0.1, 0.15) is 5.75 Å². The largest absolute Gasteiger partial charge is 0.497 e. The zero-order valence-corrected chi connectivity index (χ0v) is 16.2. The van der Waals surface area contributed by atoms with Crippen molar-refractivity contribution < 1.29 is 14.6 Å². The molecule has 1 aromatic heterocycles. The summed E-state index contributed by atoms with van der Waals surface area (Å²) in [7, 11) is 1.63. The lowest BCUT2D eigenvalue weighted by Crippen LogP contribution is -2.04. The van der Waals surface area contributed by atoms with E-state index in [0.29, 0.717) is 11.4 Å². The molecule has 0 bridgehead atoms. The average Bonchev–Trinajstić information content (AvgIpc) is 3.03. The Morgan fingerprint density at radius 1 is 1.15 bits per heavy atom. The Kier molecular flexibility index (Phi) is 5.51. The summed E-state index contributed by atoms with van der Waals surface area (Å²) in [6.45, 7) is 3.99. The van der Waals surface area contributed by atoms with Gasteiger partial charge < -0.3 is 9.84 Å². The lowest BCUT2D eigenvalue weighted by Gasteiger charge is -2.13. The minimum Gasteiger partial charge on any atom is -0.497 e. The monoisotopic (exact) mass is 384 g/mol. The van der Waals surface area contributed by atoms with Gasteiger partial charge in [0, 0.05) is 17.0 Å². The molecule has 0 radical (unpaired) electrons. The minimum atomic E-state index is -0.839. The second kappa shape index (κ2) is 7.84. The van der Waals surface area contributed by atoms with Gasteiger partial charge in [0.25, 0.3) is 0 Å². The molecular weight excluding hydrogens is 364 g/mol. The number of ether oxygens (including phenoxy) is 1. The van der Waals surface area contributed by atoms with Crippen LogP contribution >= 0.6 is 11.6 Å². The maximum absolute atomic E-state index is 11.0. The summed E-state index contributed by atoms with van der Waals surface area (Å²) in [4.78, 5) is 11.0. The molecule has 3 rings (SSSR count). The van der Waals surface area contributed by atoms with E-state index in [0.717, 1.165) is 39.5 Å². The van der Waals surface area contributed by atoms with Gasteiger partial charge >= 0.3 is 5.97 Å². The van der Waals surface area contributed by atoms with E-state index in [-0.39, 0.29) is 6.42 Å². The van der Waals surface area contributed by atoms with Gasteiger partial charge in [-0.3, -0.25) is 4.79 Å². The first-order valence-corrected chi connectivity index (χ1v) is 8.99. The zero-order valence-electron chi connectivity index (χ0n) is 15.5. The average molecular weight is 385 g/mol. The number of benzene rings is 2. The van der Waals surface area contributed by atoms with Crippen LogP contribution in [0.4, 0.5) is 0 Å². The Morgan fingerprint density at radius 3 is 2.56 bits per heavy atom. The number of hydrogen-bond acceptors (Lipinski definition) is 3. The summed E-state index contributed by atoms with van der Waals surface area (Å²) in [6, 6.07) is 13.5. The van der Waals surface area contributed by atoms with Crippen molar-refractivity contribution in [1.82, 2.24) is 9.78 Å². The molecule has 6 heteroatoms. The van der Waals surface area contributed by atoms with Crippen LogP contribution in [0.2, 0.25) is 5.02 Å². The molecule has 5 nitrogen and oxygen atoms in total. The van der Waals surface area contributed by atoms with Gasteiger partial charge in [-0.25, -0.2) is 4.68 Å². The Morgan fingerprint density at radius 2 is 1.93 bits per heavy atom. The molecule has 0 aliphatic heterocycles. The van der Waals surface area contributed by atoms with Crippen molar-refractivity contribution in [1.29, 1.82) is 0 Å². The number of methoxy groups -OCH3 is 1. The van der Waals surface area contributed by atoms with Crippen molar-refractivity contribution in [2.45, 2.75) is 26.7 Å². The zero-order chi connectivity index (χ0) is 19.6. The Balaban J connectivity index is 2.14. The molecule has 0 saturated carbocycles. The maximum atomic E-state index is 11.0. The standard InChI is InChI=1S/C21H21ClN2O3/c1-13-10-15(22)4-7-18(13)20-12-16(5-9-21(25)26)23-24(20)19-8-6-17(27-3)11-14(19)2/h4,6-8,10-12H,5,9H2,1-3H3,(H,25,26). The van der Waals surface area contributed by atoms with E-state index in [1.165, 1.54) is 0 Å². The fourth-order valence-corrected chi connectivity index (χ4v) is 3.30. The van der Waals surface area contributed by atoms with Crippen molar-refractivity contribution in [2.24, 2.45) is 0 Å². The van der Waals surface area contributed by atoms with Crippen molar-refractivity contribution in [3.8, 4) is 22.7 Å². The second-order valence-electron chi connectivity index (χ2n) is 6.44. The van der Waals surface area contributed by atoms with Crippen LogP contribution < -0.4 is 4.74 Å². The molecule has 1 heterocycles. The van der Waals surface area contributed by atoms with E-state index in [1.807, 2.05) is 61.0 Å². The molecule has 0 atom stereocenters.